The van der Waals surface area contributed by atoms with E-state index >= 15 is 0 Å². The maximum atomic E-state index is 13.6. The van der Waals surface area contributed by atoms with Gasteiger partial charge in [0.15, 0.2) is 17.0 Å². The number of amides is 1. The smallest absolute Gasteiger partial charge is 0.259 e. The molecule has 1 heterocycles. The van der Waals surface area contributed by atoms with Gasteiger partial charge in [-0.15, -0.1) is 0 Å². The highest BCUT2D eigenvalue weighted by Crippen LogP contribution is 2.18. The Hall–Kier alpha value is -2.63. The number of nitrogens with zero attached hydrogens (tertiary/aromatic N) is 1. The first kappa shape index (κ1) is 14.8. The summed E-state index contributed by atoms with van der Waals surface area (Å²) in [6.45, 7) is 0.189. The van der Waals surface area contributed by atoms with Crippen molar-refractivity contribution in [3.05, 3.63) is 63.8 Å². The molecule has 2 rings (SSSR count). The Balaban J connectivity index is 2.16. The molecule has 0 unspecified atom stereocenters. The lowest BCUT2D eigenvalue weighted by Crippen LogP contribution is -2.30. The van der Waals surface area contributed by atoms with Gasteiger partial charge < -0.3 is 14.6 Å². The van der Waals surface area contributed by atoms with Crippen molar-refractivity contribution in [2.24, 2.45) is 0 Å². The molecule has 0 saturated carbocycles. The number of pyridine rings is 1. The fourth-order valence-corrected chi connectivity index (χ4v) is 1.94. The van der Waals surface area contributed by atoms with Crippen LogP contribution in [-0.2, 0) is 6.54 Å². The van der Waals surface area contributed by atoms with Crippen LogP contribution in [0.1, 0.15) is 15.9 Å². The molecule has 0 spiro atoms. The van der Waals surface area contributed by atoms with Gasteiger partial charge in [0.05, 0.1) is 7.11 Å². The third kappa shape index (κ3) is 3.28. The Labute approximate surface area is 121 Å². The SMILES string of the molecule is COc1ccc(CN(C)C(=O)c2c[nH]ccc2=O)cc1F. The average molecular weight is 290 g/mol. The second-order valence-corrected chi connectivity index (χ2v) is 4.55. The molecule has 0 fully saturated rings. The highest BCUT2D eigenvalue weighted by atomic mass is 19.1. The zero-order valence-corrected chi connectivity index (χ0v) is 11.7. The van der Waals surface area contributed by atoms with Gasteiger partial charge >= 0.3 is 0 Å². The fraction of sp³-hybridized carbons (Fsp3) is 0.200. The van der Waals surface area contributed by atoms with Crippen LogP contribution in [0.15, 0.2) is 41.5 Å². The van der Waals surface area contributed by atoms with Gasteiger partial charge in [-0.05, 0) is 17.7 Å². The molecule has 5 nitrogen and oxygen atoms in total. The van der Waals surface area contributed by atoms with Crippen molar-refractivity contribution in [2.45, 2.75) is 6.54 Å². The number of halogens is 1. The van der Waals surface area contributed by atoms with Crippen LogP contribution in [0.5, 0.6) is 5.75 Å². The summed E-state index contributed by atoms with van der Waals surface area (Å²) in [5.41, 5.74) is 0.303. The highest BCUT2D eigenvalue weighted by Gasteiger charge is 2.15. The van der Waals surface area contributed by atoms with Gasteiger partial charge in [0, 0.05) is 32.1 Å². The quantitative estimate of drug-likeness (QED) is 0.934. The van der Waals surface area contributed by atoms with E-state index in [2.05, 4.69) is 4.98 Å². The normalized spacial score (nSPS) is 10.2. The minimum absolute atomic E-state index is 0.0500. The number of H-pyrrole nitrogens is 1. The molecule has 1 amide bonds. The van der Waals surface area contributed by atoms with Gasteiger partial charge in [-0.3, -0.25) is 9.59 Å². The monoisotopic (exact) mass is 290 g/mol. The van der Waals surface area contributed by atoms with Gasteiger partial charge in [-0.25, -0.2) is 4.39 Å². The van der Waals surface area contributed by atoms with Crippen LogP contribution in [0.3, 0.4) is 0 Å². The van der Waals surface area contributed by atoms with E-state index < -0.39 is 11.7 Å². The van der Waals surface area contributed by atoms with Crippen LogP contribution in [0.2, 0.25) is 0 Å². The van der Waals surface area contributed by atoms with E-state index in [-0.39, 0.29) is 23.3 Å². The first-order valence-corrected chi connectivity index (χ1v) is 6.28. The summed E-state index contributed by atoms with van der Waals surface area (Å²) >= 11 is 0. The second kappa shape index (κ2) is 6.21. The summed E-state index contributed by atoms with van der Waals surface area (Å²) in [7, 11) is 2.94. The van der Waals surface area contributed by atoms with Crippen molar-refractivity contribution in [3.8, 4) is 5.75 Å². The molecule has 0 atom stereocenters. The van der Waals surface area contributed by atoms with Gasteiger partial charge in [0.2, 0.25) is 0 Å². The number of hydrogen-bond acceptors (Lipinski definition) is 3. The average Bonchev–Trinajstić information content (AvgIpc) is 2.47. The molecule has 6 heteroatoms. The number of nitrogens with one attached hydrogen (secondary N) is 1. The Morgan fingerprint density at radius 2 is 2.14 bits per heavy atom. The topological polar surface area (TPSA) is 62.4 Å². The molecule has 21 heavy (non-hydrogen) atoms. The third-order valence-corrected chi connectivity index (χ3v) is 3.04. The molecule has 110 valence electrons. The number of hydrogen-bond donors (Lipinski definition) is 1. The summed E-state index contributed by atoms with van der Waals surface area (Å²) in [6, 6.07) is 5.76. The lowest BCUT2D eigenvalue weighted by Gasteiger charge is -2.17. The maximum Gasteiger partial charge on any atom is 0.259 e. The van der Waals surface area contributed by atoms with Crippen molar-refractivity contribution < 1.29 is 13.9 Å². The molecule has 1 N–H and O–H groups in total. The van der Waals surface area contributed by atoms with Crippen molar-refractivity contribution in [3.63, 3.8) is 0 Å². The van der Waals surface area contributed by atoms with Gasteiger partial charge in [-0.1, -0.05) is 6.07 Å². The van der Waals surface area contributed by atoms with Crippen molar-refractivity contribution in [2.75, 3.05) is 14.2 Å². The standard InChI is InChI=1S/C15H15FN2O3/c1-18(15(20)11-8-17-6-5-13(11)19)9-10-3-4-14(21-2)12(16)7-10/h3-8H,9H2,1-2H3,(H,17,19). The number of benzene rings is 1. The molecule has 1 aromatic carbocycles. The Bertz CT molecular complexity index is 712. The number of rotatable bonds is 4. The summed E-state index contributed by atoms with van der Waals surface area (Å²) in [5, 5.41) is 0. The molecular weight excluding hydrogens is 275 g/mol. The molecule has 0 saturated heterocycles. The lowest BCUT2D eigenvalue weighted by molar-refractivity contribution is 0.0783. The van der Waals surface area contributed by atoms with Crippen molar-refractivity contribution >= 4 is 5.91 Å². The summed E-state index contributed by atoms with van der Waals surface area (Å²) in [4.78, 5) is 27.8. The number of carbonyl (C=O) groups excluding carboxylic acids is 1. The third-order valence-electron chi connectivity index (χ3n) is 3.04. The molecule has 0 bridgehead atoms. The number of carbonyl (C=O) groups is 1. The largest absolute Gasteiger partial charge is 0.494 e. The molecule has 0 aliphatic heterocycles. The lowest BCUT2D eigenvalue weighted by atomic mass is 10.2. The van der Waals surface area contributed by atoms with Crippen molar-refractivity contribution in [1.29, 1.82) is 0 Å². The molecule has 2 aromatic rings. The highest BCUT2D eigenvalue weighted by molar-refractivity contribution is 5.93. The molecule has 0 aliphatic rings. The van der Waals surface area contributed by atoms with Gasteiger partial charge in [0.25, 0.3) is 5.91 Å². The predicted molar refractivity (Wildman–Crippen MR) is 75.8 cm³/mol. The molecule has 0 aliphatic carbocycles. The van der Waals surface area contributed by atoms with E-state index in [9.17, 15) is 14.0 Å². The number of methoxy groups -OCH3 is 1. The van der Waals surface area contributed by atoms with Crippen LogP contribution in [0.4, 0.5) is 4.39 Å². The van der Waals surface area contributed by atoms with Crippen LogP contribution < -0.4 is 10.2 Å². The van der Waals surface area contributed by atoms with E-state index in [1.807, 2.05) is 0 Å². The summed E-state index contributed by atoms with van der Waals surface area (Å²) < 4.78 is 18.4. The zero-order chi connectivity index (χ0) is 15.4. The number of aromatic amines is 1. The maximum absolute atomic E-state index is 13.6. The molecule has 0 radical (unpaired) electrons. The first-order valence-electron chi connectivity index (χ1n) is 6.28. The summed E-state index contributed by atoms with van der Waals surface area (Å²) in [6.07, 6.45) is 2.81. The first-order chi connectivity index (χ1) is 10.0. The van der Waals surface area contributed by atoms with Crippen LogP contribution in [-0.4, -0.2) is 29.9 Å². The fourth-order valence-electron chi connectivity index (χ4n) is 1.94. The van der Waals surface area contributed by atoms with E-state index in [0.717, 1.165) is 0 Å². The van der Waals surface area contributed by atoms with Gasteiger partial charge in [-0.2, -0.15) is 0 Å². The zero-order valence-electron chi connectivity index (χ0n) is 11.7. The molecule has 1 aromatic heterocycles. The number of aromatic nitrogens is 1. The van der Waals surface area contributed by atoms with Crippen LogP contribution in [0, 0.1) is 5.82 Å². The Kier molecular flexibility index (Phi) is 4.37. The minimum atomic E-state index is -0.492. The Morgan fingerprint density at radius 1 is 1.38 bits per heavy atom. The van der Waals surface area contributed by atoms with Gasteiger partial charge in [0.1, 0.15) is 5.56 Å². The van der Waals surface area contributed by atoms with Crippen molar-refractivity contribution in [1.82, 2.24) is 9.88 Å². The Morgan fingerprint density at radius 3 is 2.76 bits per heavy atom. The van der Waals surface area contributed by atoms with Crippen LogP contribution >= 0.6 is 0 Å². The van der Waals surface area contributed by atoms with E-state index in [0.29, 0.717) is 5.56 Å². The van der Waals surface area contributed by atoms with E-state index in [1.54, 1.807) is 13.1 Å². The van der Waals surface area contributed by atoms with E-state index in [1.165, 1.54) is 42.6 Å². The van der Waals surface area contributed by atoms with Crippen LogP contribution in [0.25, 0.3) is 0 Å². The molecular formula is C15H15FN2O3. The summed E-state index contributed by atoms with van der Waals surface area (Å²) in [5.74, 6) is -0.770. The number of ether oxygens (including phenoxy) is 1. The van der Waals surface area contributed by atoms with E-state index in [4.69, 9.17) is 4.74 Å². The second-order valence-electron chi connectivity index (χ2n) is 4.55. The minimum Gasteiger partial charge on any atom is -0.494 e. The predicted octanol–water partition coefficient (Wildman–Crippen LogP) is 1.79.